The Morgan fingerprint density at radius 2 is 1.59 bits per heavy atom. The molecule has 0 amide bonds. The van der Waals surface area contributed by atoms with Gasteiger partial charge in [-0.25, -0.2) is 13.1 Å². The molecule has 0 aliphatic rings. The van der Waals surface area contributed by atoms with E-state index in [0.29, 0.717) is 19.6 Å². The van der Waals surface area contributed by atoms with Crippen LogP contribution in [0.4, 0.5) is 0 Å². The van der Waals surface area contributed by atoms with Crippen LogP contribution in [0.15, 0.2) is 0 Å². The third-order valence-corrected chi connectivity index (χ3v) is 3.45. The van der Waals surface area contributed by atoms with E-state index in [4.69, 9.17) is 4.74 Å². The van der Waals surface area contributed by atoms with Crippen molar-refractivity contribution >= 4 is 10.0 Å². The summed E-state index contributed by atoms with van der Waals surface area (Å²) in [5.74, 6) is 0.119. The minimum Gasteiger partial charge on any atom is -0.381 e. The molecule has 0 spiro atoms. The van der Waals surface area contributed by atoms with Crippen molar-refractivity contribution in [2.24, 2.45) is 5.41 Å². The van der Waals surface area contributed by atoms with Crippen molar-refractivity contribution in [3.63, 3.8) is 0 Å². The second-order valence-electron chi connectivity index (χ2n) is 6.64. The van der Waals surface area contributed by atoms with E-state index in [1.54, 1.807) is 0 Å². The Kier molecular flexibility index (Phi) is 6.11. The van der Waals surface area contributed by atoms with Crippen LogP contribution in [0.25, 0.3) is 0 Å². The summed E-state index contributed by atoms with van der Waals surface area (Å²) in [7, 11) is -3.19. The molecule has 0 radical (unpaired) electrons. The van der Waals surface area contributed by atoms with Crippen LogP contribution in [0.5, 0.6) is 0 Å². The molecule has 0 heterocycles. The molecule has 0 saturated carbocycles. The van der Waals surface area contributed by atoms with Crippen molar-refractivity contribution in [2.45, 2.75) is 53.5 Å². The van der Waals surface area contributed by atoms with Gasteiger partial charge in [-0.05, 0) is 32.6 Å². The van der Waals surface area contributed by atoms with E-state index < -0.39 is 15.6 Å². The summed E-state index contributed by atoms with van der Waals surface area (Å²) in [5, 5.41) is 0. The van der Waals surface area contributed by atoms with Gasteiger partial charge in [0.1, 0.15) is 0 Å². The van der Waals surface area contributed by atoms with Gasteiger partial charge in [0, 0.05) is 12.1 Å². The molecule has 0 aromatic rings. The van der Waals surface area contributed by atoms with Gasteiger partial charge in [0.25, 0.3) is 0 Å². The predicted molar refractivity (Wildman–Crippen MR) is 71.6 cm³/mol. The van der Waals surface area contributed by atoms with Gasteiger partial charge in [0.15, 0.2) is 0 Å². The molecule has 0 atom stereocenters. The molecule has 0 bridgehead atoms. The molecule has 0 aliphatic carbocycles. The Morgan fingerprint density at radius 1 is 1.06 bits per heavy atom. The van der Waals surface area contributed by atoms with Crippen molar-refractivity contribution in [1.29, 1.82) is 0 Å². The maximum Gasteiger partial charge on any atom is 0.212 e. The molecule has 0 rings (SSSR count). The zero-order chi connectivity index (χ0) is 13.7. The summed E-state index contributed by atoms with van der Waals surface area (Å²) in [6.07, 6.45) is 0.529. The van der Waals surface area contributed by atoms with Gasteiger partial charge in [-0.3, -0.25) is 0 Å². The van der Waals surface area contributed by atoms with E-state index >= 15 is 0 Å². The lowest BCUT2D eigenvalue weighted by atomic mass is 9.99. The van der Waals surface area contributed by atoms with Gasteiger partial charge in [-0.2, -0.15) is 0 Å². The third kappa shape index (κ3) is 12.1. The standard InChI is InChI=1S/C12H27NO3S/c1-11(2,3)10-16-8-7-9-17(14,15)13-12(4,5)6/h13H,7-10H2,1-6H3. The van der Waals surface area contributed by atoms with Crippen molar-refractivity contribution in [3.05, 3.63) is 0 Å². The van der Waals surface area contributed by atoms with Crippen molar-refractivity contribution in [3.8, 4) is 0 Å². The molecule has 0 aliphatic heterocycles. The number of hydrogen-bond acceptors (Lipinski definition) is 3. The predicted octanol–water partition coefficient (Wildman–Crippen LogP) is 2.16. The Hall–Kier alpha value is -0.130. The monoisotopic (exact) mass is 265 g/mol. The zero-order valence-electron chi connectivity index (χ0n) is 12.0. The average Bonchev–Trinajstić information content (AvgIpc) is 1.95. The molecule has 0 saturated heterocycles. The van der Waals surface area contributed by atoms with Gasteiger partial charge >= 0.3 is 0 Å². The highest BCUT2D eigenvalue weighted by atomic mass is 32.2. The maximum atomic E-state index is 11.6. The van der Waals surface area contributed by atoms with E-state index in [9.17, 15) is 8.42 Å². The van der Waals surface area contributed by atoms with Crippen molar-refractivity contribution in [2.75, 3.05) is 19.0 Å². The summed E-state index contributed by atoms with van der Waals surface area (Å²) in [6.45, 7) is 12.9. The molecule has 4 nitrogen and oxygen atoms in total. The maximum absolute atomic E-state index is 11.6. The number of sulfonamides is 1. The Bertz CT molecular complexity index is 310. The molecule has 0 aromatic heterocycles. The summed E-state index contributed by atoms with van der Waals surface area (Å²) in [5.41, 5.74) is -0.284. The van der Waals surface area contributed by atoms with E-state index in [-0.39, 0.29) is 11.2 Å². The summed E-state index contributed by atoms with van der Waals surface area (Å²) in [6, 6.07) is 0. The highest BCUT2D eigenvalue weighted by molar-refractivity contribution is 7.89. The van der Waals surface area contributed by atoms with Crippen LogP contribution in [0.2, 0.25) is 0 Å². The lowest BCUT2D eigenvalue weighted by Gasteiger charge is -2.20. The fourth-order valence-corrected chi connectivity index (χ4v) is 2.78. The molecule has 1 N–H and O–H groups in total. The molecule has 104 valence electrons. The van der Waals surface area contributed by atoms with Gasteiger partial charge in [0.2, 0.25) is 10.0 Å². The summed E-state index contributed by atoms with van der Waals surface area (Å²) in [4.78, 5) is 0. The average molecular weight is 265 g/mol. The van der Waals surface area contributed by atoms with Gasteiger partial charge < -0.3 is 4.74 Å². The first-order chi connectivity index (χ1) is 7.41. The third-order valence-electron chi connectivity index (χ3n) is 1.70. The molecular formula is C12H27NO3S. The first-order valence-electron chi connectivity index (χ1n) is 6.01. The summed E-state index contributed by atoms with van der Waals surface area (Å²) < 4.78 is 31.3. The fourth-order valence-electron chi connectivity index (χ4n) is 1.25. The molecule has 0 aromatic carbocycles. The van der Waals surface area contributed by atoms with E-state index in [1.807, 2.05) is 20.8 Å². The van der Waals surface area contributed by atoms with E-state index in [1.165, 1.54) is 0 Å². The van der Waals surface area contributed by atoms with Crippen LogP contribution in [0, 0.1) is 5.41 Å². The second-order valence-corrected chi connectivity index (χ2v) is 8.48. The zero-order valence-corrected chi connectivity index (χ0v) is 12.8. The molecule has 17 heavy (non-hydrogen) atoms. The molecule has 0 fully saturated rings. The van der Waals surface area contributed by atoms with Crippen LogP contribution >= 0.6 is 0 Å². The van der Waals surface area contributed by atoms with E-state index in [2.05, 4.69) is 25.5 Å². The Morgan fingerprint density at radius 3 is 2.00 bits per heavy atom. The molecule has 5 heteroatoms. The SMILES string of the molecule is CC(C)(C)COCCCS(=O)(=O)NC(C)(C)C. The summed E-state index contributed by atoms with van der Waals surface area (Å²) >= 11 is 0. The Labute approximate surface area is 106 Å². The smallest absolute Gasteiger partial charge is 0.212 e. The fraction of sp³-hybridized carbons (Fsp3) is 1.00. The van der Waals surface area contributed by atoms with Gasteiger partial charge in [-0.1, -0.05) is 20.8 Å². The first kappa shape index (κ1) is 16.9. The van der Waals surface area contributed by atoms with Gasteiger partial charge in [0.05, 0.1) is 12.4 Å². The van der Waals surface area contributed by atoms with Crippen LogP contribution in [0.1, 0.15) is 48.0 Å². The van der Waals surface area contributed by atoms with Crippen LogP contribution in [-0.2, 0) is 14.8 Å². The minimum atomic E-state index is -3.19. The number of ether oxygens (including phenoxy) is 1. The number of nitrogens with one attached hydrogen (secondary N) is 1. The van der Waals surface area contributed by atoms with Crippen LogP contribution in [-0.4, -0.2) is 32.9 Å². The number of hydrogen-bond donors (Lipinski definition) is 1. The molecular weight excluding hydrogens is 238 g/mol. The first-order valence-corrected chi connectivity index (χ1v) is 7.66. The normalized spacial score (nSPS) is 14.0. The lowest BCUT2D eigenvalue weighted by molar-refractivity contribution is 0.0720. The van der Waals surface area contributed by atoms with Crippen molar-refractivity contribution in [1.82, 2.24) is 4.72 Å². The quantitative estimate of drug-likeness (QED) is 0.749. The lowest BCUT2D eigenvalue weighted by Crippen LogP contribution is -2.41. The Balaban J connectivity index is 3.82. The van der Waals surface area contributed by atoms with E-state index in [0.717, 1.165) is 0 Å². The highest BCUT2D eigenvalue weighted by Gasteiger charge is 2.19. The second kappa shape index (κ2) is 6.16. The topological polar surface area (TPSA) is 55.4 Å². The van der Waals surface area contributed by atoms with Gasteiger partial charge in [-0.15, -0.1) is 0 Å². The minimum absolute atomic E-state index is 0.119. The van der Waals surface area contributed by atoms with Crippen molar-refractivity contribution < 1.29 is 13.2 Å². The van der Waals surface area contributed by atoms with Crippen LogP contribution in [0.3, 0.4) is 0 Å². The molecule has 0 unspecified atom stereocenters. The number of rotatable bonds is 6. The largest absolute Gasteiger partial charge is 0.381 e. The highest BCUT2D eigenvalue weighted by Crippen LogP contribution is 2.12. The van der Waals surface area contributed by atoms with Crippen LogP contribution < -0.4 is 4.72 Å².